The first-order valence-electron chi connectivity index (χ1n) is 8.20. The average molecular weight is 308 g/mol. The van der Waals surface area contributed by atoms with Crippen molar-refractivity contribution in [3.05, 3.63) is 0 Å². The second-order valence-electron chi connectivity index (χ2n) is 5.46. The maximum atomic E-state index is 10.3. The molecule has 0 saturated heterocycles. The molecule has 2 N–H and O–H groups in total. The van der Waals surface area contributed by atoms with Gasteiger partial charge in [0.25, 0.3) is 0 Å². The number of aliphatic carboxylic acids is 1. The summed E-state index contributed by atoms with van der Waals surface area (Å²) in [6.45, 7) is 3.19. The topological polar surface area (TPSA) is 49.3 Å². The van der Waals surface area contributed by atoms with Gasteiger partial charge in [-0.25, -0.2) is 0 Å². The van der Waals surface area contributed by atoms with Crippen molar-refractivity contribution < 1.29 is 9.90 Å². The minimum atomic E-state index is -0.765. The zero-order chi connectivity index (χ0) is 14.2. The molecule has 0 aliphatic rings. The van der Waals surface area contributed by atoms with Crippen LogP contribution in [0.3, 0.4) is 0 Å². The summed E-state index contributed by atoms with van der Waals surface area (Å²) in [5.41, 5.74) is 0. The third-order valence-electron chi connectivity index (χ3n) is 3.48. The molecular formula is C16H34ClNO2. The molecule has 0 unspecified atom stereocenters. The molecule has 0 saturated carbocycles. The Balaban J connectivity index is 0. The van der Waals surface area contributed by atoms with E-state index in [1.807, 2.05) is 0 Å². The van der Waals surface area contributed by atoms with Gasteiger partial charge in [0.15, 0.2) is 0 Å². The zero-order valence-corrected chi connectivity index (χ0v) is 14.0. The summed E-state index contributed by atoms with van der Waals surface area (Å²) in [6, 6.07) is 0. The van der Waals surface area contributed by atoms with Crippen LogP contribution in [0.15, 0.2) is 0 Å². The van der Waals surface area contributed by atoms with E-state index in [4.69, 9.17) is 5.11 Å². The summed E-state index contributed by atoms with van der Waals surface area (Å²) in [5.74, 6) is -0.765. The zero-order valence-electron chi connectivity index (χ0n) is 13.2. The highest BCUT2D eigenvalue weighted by molar-refractivity contribution is 5.85. The van der Waals surface area contributed by atoms with Crippen molar-refractivity contribution in [3.8, 4) is 0 Å². The van der Waals surface area contributed by atoms with Crippen LogP contribution in [-0.4, -0.2) is 24.2 Å². The lowest BCUT2D eigenvalue weighted by Crippen LogP contribution is -2.23. The van der Waals surface area contributed by atoms with Gasteiger partial charge in [0, 0.05) is 0 Å². The minimum Gasteiger partial charge on any atom is -0.480 e. The minimum absolute atomic E-state index is 0. The number of nitrogens with one attached hydrogen (secondary N) is 1. The standard InChI is InChI=1S/C16H33NO2.ClH/c1-2-3-4-5-6-7-8-9-10-11-12-13-14-17-15-16(18)19;/h17H,2-15H2,1H3,(H,18,19);1H. The largest absolute Gasteiger partial charge is 0.480 e. The van der Waals surface area contributed by atoms with Crippen LogP contribution >= 0.6 is 12.4 Å². The van der Waals surface area contributed by atoms with E-state index in [-0.39, 0.29) is 19.0 Å². The molecule has 0 aliphatic carbocycles. The summed E-state index contributed by atoms with van der Waals surface area (Å²) in [7, 11) is 0. The van der Waals surface area contributed by atoms with E-state index in [1.165, 1.54) is 70.6 Å². The molecule has 0 spiro atoms. The van der Waals surface area contributed by atoms with Crippen molar-refractivity contribution in [2.24, 2.45) is 0 Å². The maximum Gasteiger partial charge on any atom is 0.317 e. The van der Waals surface area contributed by atoms with Crippen LogP contribution in [0.2, 0.25) is 0 Å². The first-order chi connectivity index (χ1) is 9.27. The number of unbranched alkanes of at least 4 members (excludes halogenated alkanes) is 11. The lowest BCUT2D eigenvalue weighted by atomic mass is 10.1. The van der Waals surface area contributed by atoms with Crippen LogP contribution < -0.4 is 5.32 Å². The summed E-state index contributed by atoms with van der Waals surface area (Å²) in [6.07, 6.45) is 16.1. The van der Waals surface area contributed by atoms with Gasteiger partial charge in [0.2, 0.25) is 0 Å². The molecule has 0 rings (SSSR count). The molecule has 0 radical (unpaired) electrons. The van der Waals surface area contributed by atoms with Gasteiger partial charge in [-0.05, 0) is 13.0 Å². The Kier molecular flexibility index (Phi) is 20.6. The summed E-state index contributed by atoms with van der Waals surface area (Å²) in [5, 5.41) is 11.4. The van der Waals surface area contributed by atoms with Crippen LogP contribution in [0.5, 0.6) is 0 Å². The van der Waals surface area contributed by atoms with Crippen molar-refractivity contribution in [3.63, 3.8) is 0 Å². The Morgan fingerprint density at radius 3 is 1.60 bits per heavy atom. The molecule has 0 aliphatic heterocycles. The van der Waals surface area contributed by atoms with E-state index in [2.05, 4.69) is 12.2 Å². The molecule has 4 heteroatoms. The first kappa shape index (κ1) is 22.0. The van der Waals surface area contributed by atoms with Gasteiger partial charge in [-0.3, -0.25) is 4.79 Å². The third-order valence-corrected chi connectivity index (χ3v) is 3.48. The van der Waals surface area contributed by atoms with E-state index < -0.39 is 5.97 Å². The number of rotatable bonds is 15. The molecule has 0 aromatic carbocycles. The molecule has 3 nitrogen and oxygen atoms in total. The van der Waals surface area contributed by atoms with Gasteiger partial charge in [0.1, 0.15) is 0 Å². The number of carboxylic acid groups (broad SMARTS) is 1. The fourth-order valence-corrected chi connectivity index (χ4v) is 2.29. The Hall–Kier alpha value is -0.280. The lowest BCUT2D eigenvalue weighted by molar-refractivity contribution is -0.135. The number of carbonyl (C=O) groups is 1. The monoisotopic (exact) mass is 307 g/mol. The molecule has 0 fully saturated rings. The normalized spacial score (nSPS) is 10.2. The number of halogens is 1. The molecule has 0 aromatic rings. The second-order valence-corrected chi connectivity index (χ2v) is 5.46. The Labute approximate surface area is 131 Å². The van der Waals surface area contributed by atoms with Crippen LogP contribution in [0.1, 0.15) is 84.0 Å². The Bertz CT molecular complexity index is 201. The fraction of sp³-hybridized carbons (Fsp3) is 0.938. The smallest absolute Gasteiger partial charge is 0.317 e. The number of hydrogen-bond donors (Lipinski definition) is 2. The molecular weight excluding hydrogens is 274 g/mol. The molecule has 0 amide bonds. The van der Waals surface area contributed by atoms with E-state index >= 15 is 0 Å². The molecule has 122 valence electrons. The highest BCUT2D eigenvalue weighted by atomic mass is 35.5. The summed E-state index contributed by atoms with van der Waals surface area (Å²) < 4.78 is 0. The SMILES string of the molecule is CCCCCCCCCCCCCCNCC(=O)O.Cl. The van der Waals surface area contributed by atoms with Crippen LogP contribution in [0, 0.1) is 0 Å². The van der Waals surface area contributed by atoms with Gasteiger partial charge in [0.05, 0.1) is 6.54 Å². The second kappa shape index (κ2) is 18.7. The van der Waals surface area contributed by atoms with Crippen LogP contribution in [-0.2, 0) is 4.79 Å². The fourth-order valence-electron chi connectivity index (χ4n) is 2.29. The van der Waals surface area contributed by atoms with Gasteiger partial charge in [-0.2, -0.15) is 0 Å². The molecule has 0 aromatic heterocycles. The number of hydrogen-bond acceptors (Lipinski definition) is 2. The molecule has 0 atom stereocenters. The highest BCUT2D eigenvalue weighted by Gasteiger charge is 1.95. The van der Waals surface area contributed by atoms with Crippen molar-refractivity contribution in [2.75, 3.05) is 13.1 Å². The average Bonchev–Trinajstić information content (AvgIpc) is 2.39. The van der Waals surface area contributed by atoms with Crippen LogP contribution in [0.4, 0.5) is 0 Å². The molecule has 20 heavy (non-hydrogen) atoms. The van der Waals surface area contributed by atoms with Crippen molar-refractivity contribution in [2.45, 2.75) is 84.0 Å². The Morgan fingerprint density at radius 2 is 1.20 bits per heavy atom. The van der Waals surface area contributed by atoms with E-state index in [1.54, 1.807) is 0 Å². The quantitative estimate of drug-likeness (QED) is 0.428. The van der Waals surface area contributed by atoms with Gasteiger partial charge >= 0.3 is 5.97 Å². The van der Waals surface area contributed by atoms with Gasteiger partial charge in [-0.1, -0.05) is 77.6 Å². The predicted molar refractivity (Wildman–Crippen MR) is 88.8 cm³/mol. The summed E-state index contributed by atoms with van der Waals surface area (Å²) >= 11 is 0. The van der Waals surface area contributed by atoms with Crippen molar-refractivity contribution in [1.29, 1.82) is 0 Å². The van der Waals surface area contributed by atoms with Crippen molar-refractivity contribution in [1.82, 2.24) is 5.32 Å². The third kappa shape index (κ3) is 20.0. The highest BCUT2D eigenvalue weighted by Crippen LogP contribution is 2.11. The van der Waals surface area contributed by atoms with Crippen LogP contribution in [0.25, 0.3) is 0 Å². The first-order valence-corrected chi connectivity index (χ1v) is 8.20. The lowest BCUT2D eigenvalue weighted by Gasteiger charge is -2.03. The van der Waals surface area contributed by atoms with E-state index in [0.29, 0.717) is 0 Å². The number of carboxylic acids is 1. The molecule has 0 heterocycles. The van der Waals surface area contributed by atoms with Crippen molar-refractivity contribution >= 4 is 18.4 Å². The molecule has 0 bridgehead atoms. The predicted octanol–water partition coefficient (Wildman–Crippen LogP) is 4.78. The maximum absolute atomic E-state index is 10.3. The van der Waals surface area contributed by atoms with Gasteiger partial charge in [-0.15, -0.1) is 12.4 Å². The van der Waals surface area contributed by atoms with E-state index in [0.717, 1.165) is 13.0 Å². The van der Waals surface area contributed by atoms with Gasteiger partial charge < -0.3 is 10.4 Å². The Morgan fingerprint density at radius 1 is 0.800 bits per heavy atom. The van der Waals surface area contributed by atoms with E-state index in [9.17, 15) is 4.79 Å². The summed E-state index contributed by atoms with van der Waals surface area (Å²) in [4.78, 5) is 10.3.